The van der Waals surface area contributed by atoms with Gasteiger partial charge in [-0.05, 0) is 44.2 Å². The minimum absolute atomic E-state index is 0.0146. The molecule has 24 nitrogen and oxygen atoms in total. The van der Waals surface area contributed by atoms with Gasteiger partial charge in [0.05, 0.1) is 44.3 Å². The zero-order valence-corrected chi connectivity index (χ0v) is 37.8. The van der Waals surface area contributed by atoms with E-state index in [1.54, 1.807) is 6.92 Å². The number of ether oxygens (including phenoxy) is 7. The number of aliphatic hydroxyl groups is 8. The Morgan fingerprint density at radius 3 is 2.06 bits per heavy atom. The Morgan fingerprint density at radius 1 is 0.812 bits per heavy atom. The number of aromatic nitrogens is 3. The number of aliphatic hydroxyl groups excluding tert-OH is 8. The summed E-state index contributed by atoms with van der Waals surface area (Å²) < 4.78 is 85.2. The molecule has 27 heteroatoms. The number of aliphatic carboxylic acids is 1. The van der Waals surface area contributed by atoms with Gasteiger partial charge in [-0.2, -0.15) is 0 Å². The van der Waals surface area contributed by atoms with E-state index in [0.717, 1.165) is 17.8 Å². The molecule has 4 fully saturated rings. The van der Waals surface area contributed by atoms with Gasteiger partial charge in [-0.3, -0.25) is 9.59 Å². The Morgan fingerprint density at radius 2 is 1.45 bits per heavy atom. The minimum Gasteiger partial charge on any atom is -0.479 e. The first-order chi connectivity index (χ1) is 32.7. The van der Waals surface area contributed by atoms with E-state index in [1.165, 1.54) is 13.8 Å². The molecule has 1 aliphatic carbocycles. The molecule has 0 radical (unpaired) electrons. The molecule has 12 unspecified atom stereocenters. The molecular weight excluding hydrogens is 935 g/mol. The van der Waals surface area contributed by atoms with Crippen LogP contribution in [0, 0.1) is 23.4 Å². The predicted octanol–water partition coefficient (Wildman–Crippen LogP) is -2.91. The van der Waals surface area contributed by atoms with Crippen LogP contribution in [0.4, 0.5) is 13.2 Å². The average molecular weight is 996 g/mol. The quantitative estimate of drug-likeness (QED) is 0.0667. The van der Waals surface area contributed by atoms with Crippen molar-refractivity contribution in [3.8, 4) is 11.3 Å². The van der Waals surface area contributed by atoms with Crippen molar-refractivity contribution in [1.29, 1.82) is 0 Å². The molecule has 4 aliphatic rings. The molecule has 388 valence electrons. The smallest absolute Gasteiger partial charge is 0.332 e. The van der Waals surface area contributed by atoms with Crippen molar-refractivity contribution in [2.75, 3.05) is 19.8 Å². The molecule has 2 aromatic rings. The first kappa shape index (κ1) is 54.3. The second kappa shape index (κ2) is 23.5. The lowest BCUT2D eigenvalue weighted by Crippen LogP contribution is -2.68. The van der Waals surface area contributed by atoms with Crippen molar-refractivity contribution in [2.45, 2.75) is 170 Å². The summed E-state index contributed by atoms with van der Waals surface area (Å²) in [6.45, 7) is 3.41. The highest BCUT2D eigenvalue weighted by Gasteiger charge is 2.53. The van der Waals surface area contributed by atoms with Gasteiger partial charge in [0.2, 0.25) is 11.8 Å². The molecule has 1 aromatic carbocycles. The number of carboxylic acid groups (broad SMARTS) is 1. The van der Waals surface area contributed by atoms with Gasteiger partial charge in [-0.15, -0.1) is 5.10 Å². The molecule has 2 amide bonds. The lowest BCUT2D eigenvalue weighted by molar-refractivity contribution is -0.337. The second-order valence-electron chi connectivity index (χ2n) is 17.6. The van der Waals surface area contributed by atoms with E-state index in [0.29, 0.717) is 18.6 Å². The molecule has 3 saturated heterocycles. The number of hydrogen-bond donors (Lipinski definition) is 11. The van der Waals surface area contributed by atoms with E-state index in [2.05, 4.69) is 20.9 Å². The summed E-state index contributed by atoms with van der Waals surface area (Å²) in [5.41, 5.74) is -0.410. The van der Waals surface area contributed by atoms with E-state index < -0.39 is 171 Å². The van der Waals surface area contributed by atoms with Crippen LogP contribution in [0.1, 0.15) is 59.4 Å². The number of carbonyl (C=O) groups excluding carboxylic acids is 2. The van der Waals surface area contributed by atoms with E-state index in [1.807, 2.05) is 0 Å². The molecule has 6 rings (SSSR count). The maximum atomic E-state index is 14.1. The highest BCUT2D eigenvalue weighted by atomic mass is 19.2. The zero-order valence-electron chi connectivity index (χ0n) is 37.8. The molecule has 1 aromatic heterocycles. The van der Waals surface area contributed by atoms with E-state index in [9.17, 15) is 73.5 Å². The Hall–Kier alpha value is -4.04. The summed E-state index contributed by atoms with van der Waals surface area (Å²) in [5, 5.41) is 110. The number of hydrogen-bond acceptors (Lipinski definition) is 20. The van der Waals surface area contributed by atoms with Gasteiger partial charge >= 0.3 is 5.97 Å². The topological polar surface area (TPSA) is 353 Å². The molecular formula is C42H60F3N5O19. The van der Waals surface area contributed by atoms with Crippen LogP contribution in [-0.2, 0) is 47.5 Å². The summed E-state index contributed by atoms with van der Waals surface area (Å²) in [7, 11) is 0. The molecule has 0 spiro atoms. The Balaban J connectivity index is 1.31. The first-order valence-corrected chi connectivity index (χ1v) is 22.4. The minimum atomic E-state index is -1.85. The van der Waals surface area contributed by atoms with E-state index in [4.69, 9.17) is 33.2 Å². The fraction of sp³-hybridized carbons (Fsp3) is 0.738. The highest BCUT2D eigenvalue weighted by molar-refractivity contribution is 5.74. The number of nitrogens with one attached hydrogen (secondary N) is 2. The van der Waals surface area contributed by atoms with Gasteiger partial charge in [0.15, 0.2) is 42.4 Å². The maximum absolute atomic E-state index is 14.1. The van der Waals surface area contributed by atoms with Crippen molar-refractivity contribution < 1.29 is 107 Å². The Labute approximate surface area is 392 Å². The lowest BCUT2D eigenvalue weighted by atomic mass is 9.81. The normalized spacial score (nSPS) is 37.8. The van der Waals surface area contributed by atoms with Crippen molar-refractivity contribution >= 4 is 17.8 Å². The van der Waals surface area contributed by atoms with Crippen LogP contribution in [0.25, 0.3) is 11.3 Å². The predicted molar refractivity (Wildman–Crippen MR) is 221 cm³/mol. The van der Waals surface area contributed by atoms with Gasteiger partial charge in [0.25, 0.3) is 0 Å². The third kappa shape index (κ3) is 12.4. The van der Waals surface area contributed by atoms with Gasteiger partial charge in [0.1, 0.15) is 78.8 Å². The largest absolute Gasteiger partial charge is 0.479 e. The zero-order chi connectivity index (χ0) is 50.6. The molecule has 4 heterocycles. The standard InChI is InChI=1S/C42H60F3N5O19/c1-5-6-24(39(61)62)65-38-29(47-17(4)54)40(67-27(13-52)33(38)57)66-25-8-18(7-22(46-16(3)53)37(25)69-42-36(60)35(59)31(55)15(2)64-42)14-63-41-34(58)30(32(56)26(12-51)68-41)50-11-23(48-49-50)19-9-20(43)28(45)21(44)10-19/h9-11,15,18,22,24-27,29-38,40-42,51-52,55-60H,5-8,12-14H2,1-4H3,(H,46,53)(H,47,54)(H,61,62)/t15?,18?,22?,24-,25+,26?,27?,29?,30?,31+,32+,33+,34?,35?,36?,37?,38?,40+,41-,42-/m0/s1. The number of benzene rings is 1. The van der Waals surface area contributed by atoms with Gasteiger partial charge in [-0.25, -0.2) is 22.6 Å². The highest BCUT2D eigenvalue weighted by Crippen LogP contribution is 2.38. The summed E-state index contributed by atoms with van der Waals surface area (Å²) in [6, 6.07) is -2.71. The van der Waals surface area contributed by atoms with Crippen LogP contribution in [0.5, 0.6) is 0 Å². The number of amides is 2. The van der Waals surface area contributed by atoms with Crippen LogP contribution in [0.2, 0.25) is 0 Å². The van der Waals surface area contributed by atoms with Crippen molar-refractivity contribution in [3.05, 3.63) is 35.8 Å². The lowest BCUT2D eigenvalue weighted by Gasteiger charge is -2.49. The number of nitrogens with zero attached hydrogens (tertiary/aromatic N) is 3. The van der Waals surface area contributed by atoms with Crippen LogP contribution in [-0.4, -0.2) is 209 Å². The van der Waals surface area contributed by atoms with Crippen LogP contribution >= 0.6 is 0 Å². The maximum Gasteiger partial charge on any atom is 0.332 e. The number of carbonyl (C=O) groups is 3. The fourth-order valence-corrected chi connectivity index (χ4v) is 9.06. The van der Waals surface area contributed by atoms with Crippen molar-refractivity contribution in [3.63, 3.8) is 0 Å². The summed E-state index contributed by atoms with van der Waals surface area (Å²) >= 11 is 0. The SMILES string of the molecule is CCC[C@H](OC1C(NC(C)=O)[C@H](O[C@@H]2CC(CO[C@H]3OC(CO)[C@@H](O)C(n4cc(-c5cc(F)c(F)c(F)c5)nn4)C3O)CC(NC(C)=O)C2O[C@@H]2OC(C)[C@@H](O)C(O)C2O)OC(CO)[C@H]1O)C(=O)O. The first-order valence-electron chi connectivity index (χ1n) is 22.4. The van der Waals surface area contributed by atoms with Gasteiger partial charge < -0.3 is 89.8 Å². The number of rotatable bonds is 18. The van der Waals surface area contributed by atoms with Crippen LogP contribution in [0.3, 0.4) is 0 Å². The summed E-state index contributed by atoms with van der Waals surface area (Å²) in [4.78, 5) is 37.8. The molecule has 0 bridgehead atoms. The van der Waals surface area contributed by atoms with Crippen LogP contribution in [0.15, 0.2) is 18.3 Å². The molecule has 69 heavy (non-hydrogen) atoms. The molecule has 3 aliphatic heterocycles. The molecule has 1 saturated carbocycles. The van der Waals surface area contributed by atoms with Crippen LogP contribution < -0.4 is 10.6 Å². The van der Waals surface area contributed by atoms with E-state index in [-0.39, 0.29) is 37.1 Å². The second-order valence-corrected chi connectivity index (χ2v) is 17.6. The molecule has 11 N–H and O–H groups in total. The van der Waals surface area contributed by atoms with Crippen molar-refractivity contribution in [1.82, 2.24) is 25.6 Å². The average Bonchev–Trinajstić information content (AvgIpc) is 3.78. The monoisotopic (exact) mass is 995 g/mol. The molecule has 20 atom stereocenters. The summed E-state index contributed by atoms with van der Waals surface area (Å²) in [5.74, 6) is -8.14. The number of halogens is 3. The Kier molecular flexibility index (Phi) is 18.5. The van der Waals surface area contributed by atoms with Crippen molar-refractivity contribution in [2.24, 2.45) is 5.92 Å². The Bertz CT molecular complexity index is 2040. The van der Waals surface area contributed by atoms with E-state index >= 15 is 0 Å². The fourth-order valence-electron chi connectivity index (χ4n) is 9.06. The summed E-state index contributed by atoms with van der Waals surface area (Å²) in [6.07, 6.45) is -23.8. The third-order valence-corrected chi connectivity index (χ3v) is 12.5. The third-order valence-electron chi connectivity index (χ3n) is 12.5. The van der Waals surface area contributed by atoms with Gasteiger partial charge in [0, 0.05) is 19.4 Å². The van der Waals surface area contributed by atoms with Gasteiger partial charge in [-0.1, -0.05) is 18.6 Å². The number of carboxylic acids is 1.